The first-order valence-electron chi connectivity index (χ1n) is 6.51. The molecule has 0 fully saturated rings. The molecule has 5 heteroatoms. The van der Waals surface area contributed by atoms with Crippen LogP contribution in [0.1, 0.15) is 21.6 Å². The largest absolute Gasteiger partial charge is 0.392 e. The summed E-state index contributed by atoms with van der Waals surface area (Å²) in [6.45, 7) is 1.48. The Morgan fingerprint density at radius 3 is 2.85 bits per heavy atom. The van der Waals surface area contributed by atoms with Crippen molar-refractivity contribution >= 4 is 5.91 Å². The molecule has 0 saturated carbocycles. The van der Waals surface area contributed by atoms with E-state index in [-0.39, 0.29) is 18.3 Å². The van der Waals surface area contributed by atoms with Crippen LogP contribution < -0.4 is 0 Å². The lowest BCUT2D eigenvalue weighted by Crippen LogP contribution is -2.39. The van der Waals surface area contributed by atoms with E-state index in [1.165, 1.54) is 12.1 Å². The normalized spacial score (nSPS) is 14.5. The molecule has 0 unspecified atom stereocenters. The van der Waals surface area contributed by atoms with Gasteiger partial charge in [0.2, 0.25) is 0 Å². The van der Waals surface area contributed by atoms with Crippen molar-refractivity contribution in [2.24, 2.45) is 0 Å². The average Bonchev–Trinajstić information content (AvgIpc) is 2.91. The topological polar surface area (TPSA) is 45.5 Å². The zero-order valence-corrected chi connectivity index (χ0v) is 10.9. The van der Waals surface area contributed by atoms with E-state index < -0.39 is 0 Å². The molecule has 1 aromatic carbocycles. The third-order valence-electron chi connectivity index (χ3n) is 3.65. The first kappa shape index (κ1) is 12.9. The SMILES string of the molecule is O=C1c2cccn2CCN1Cc1cc(F)ccc1CO. The van der Waals surface area contributed by atoms with Crippen LogP contribution in [0.15, 0.2) is 36.5 Å². The highest BCUT2D eigenvalue weighted by Gasteiger charge is 2.24. The molecule has 0 spiro atoms. The molecule has 4 nitrogen and oxygen atoms in total. The highest BCUT2D eigenvalue weighted by atomic mass is 19.1. The van der Waals surface area contributed by atoms with Gasteiger partial charge in [-0.15, -0.1) is 0 Å². The van der Waals surface area contributed by atoms with Crippen LogP contribution in [0, 0.1) is 5.82 Å². The van der Waals surface area contributed by atoms with Gasteiger partial charge in [0, 0.05) is 25.8 Å². The second-order valence-corrected chi connectivity index (χ2v) is 4.88. The molecule has 1 aliphatic rings. The third-order valence-corrected chi connectivity index (χ3v) is 3.65. The number of nitrogens with zero attached hydrogens (tertiary/aromatic N) is 2. The second kappa shape index (κ2) is 5.09. The second-order valence-electron chi connectivity index (χ2n) is 4.88. The van der Waals surface area contributed by atoms with Gasteiger partial charge in [-0.3, -0.25) is 4.79 Å². The van der Waals surface area contributed by atoms with Gasteiger partial charge in [0.05, 0.1) is 6.61 Å². The van der Waals surface area contributed by atoms with Crippen molar-refractivity contribution < 1.29 is 14.3 Å². The number of carbonyl (C=O) groups excluding carboxylic acids is 1. The molecule has 1 aliphatic heterocycles. The number of aliphatic hydroxyl groups is 1. The van der Waals surface area contributed by atoms with Crippen molar-refractivity contribution in [1.82, 2.24) is 9.47 Å². The van der Waals surface area contributed by atoms with Gasteiger partial charge < -0.3 is 14.6 Å². The monoisotopic (exact) mass is 274 g/mol. The number of hydrogen-bond donors (Lipinski definition) is 1. The number of halogens is 1. The van der Waals surface area contributed by atoms with Gasteiger partial charge in [0.15, 0.2) is 0 Å². The quantitative estimate of drug-likeness (QED) is 0.927. The van der Waals surface area contributed by atoms with E-state index >= 15 is 0 Å². The maximum atomic E-state index is 13.3. The third kappa shape index (κ3) is 2.20. The van der Waals surface area contributed by atoms with Gasteiger partial charge in [-0.05, 0) is 35.4 Å². The van der Waals surface area contributed by atoms with Crippen LogP contribution in [0.2, 0.25) is 0 Å². The minimum Gasteiger partial charge on any atom is -0.392 e. The van der Waals surface area contributed by atoms with Crippen molar-refractivity contribution in [2.75, 3.05) is 6.54 Å². The van der Waals surface area contributed by atoms with Crippen LogP contribution in [0.5, 0.6) is 0 Å². The molecule has 20 heavy (non-hydrogen) atoms. The Bertz CT molecular complexity index is 651. The molecule has 1 amide bonds. The number of aromatic nitrogens is 1. The number of rotatable bonds is 3. The van der Waals surface area contributed by atoms with Crippen LogP contribution in [-0.2, 0) is 19.7 Å². The molecule has 0 saturated heterocycles. The lowest BCUT2D eigenvalue weighted by Gasteiger charge is -2.29. The number of carbonyl (C=O) groups is 1. The summed E-state index contributed by atoms with van der Waals surface area (Å²) in [5.41, 5.74) is 1.96. The molecule has 0 atom stereocenters. The fourth-order valence-corrected chi connectivity index (χ4v) is 2.55. The summed E-state index contributed by atoms with van der Waals surface area (Å²) < 4.78 is 15.2. The summed E-state index contributed by atoms with van der Waals surface area (Å²) in [6, 6.07) is 7.89. The van der Waals surface area contributed by atoms with Crippen molar-refractivity contribution in [1.29, 1.82) is 0 Å². The highest BCUT2D eigenvalue weighted by molar-refractivity contribution is 5.93. The van der Waals surface area contributed by atoms with Crippen molar-refractivity contribution in [3.63, 3.8) is 0 Å². The molecule has 0 aliphatic carbocycles. The van der Waals surface area contributed by atoms with Gasteiger partial charge in [0.25, 0.3) is 5.91 Å². The first-order valence-corrected chi connectivity index (χ1v) is 6.51. The van der Waals surface area contributed by atoms with Gasteiger partial charge in [-0.1, -0.05) is 6.07 Å². The minimum atomic E-state index is -0.356. The summed E-state index contributed by atoms with van der Waals surface area (Å²) in [4.78, 5) is 14.0. The lowest BCUT2D eigenvalue weighted by molar-refractivity contribution is 0.0689. The van der Waals surface area contributed by atoms with E-state index in [0.29, 0.717) is 29.9 Å². The Labute approximate surface area is 116 Å². The summed E-state index contributed by atoms with van der Waals surface area (Å²) >= 11 is 0. The van der Waals surface area contributed by atoms with Gasteiger partial charge in [-0.2, -0.15) is 0 Å². The van der Waals surface area contributed by atoms with Crippen molar-refractivity contribution in [3.05, 3.63) is 59.2 Å². The Morgan fingerprint density at radius 1 is 1.20 bits per heavy atom. The van der Waals surface area contributed by atoms with Crippen LogP contribution in [0.25, 0.3) is 0 Å². The van der Waals surface area contributed by atoms with Crippen LogP contribution >= 0.6 is 0 Å². The maximum Gasteiger partial charge on any atom is 0.270 e. The van der Waals surface area contributed by atoms with Gasteiger partial charge >= 0.3 is 0 Å². The van der Waals surface area contributed by atoms with Gasteiger partial charge in [-0.25, -0.2) is 4.39 Å². The molecule has 3 rings (SSSR count). The summed E-state index contributed by atoms with van der Waals surface area (Å²) in [7, 11) is 0. The fraction of sp³-hybridized carbons (Fsp3) is 0.267. The first-order chi connectivity index (χ1) is 9.69. The molecule has 1 N–H and O–H groups in total. The fourth-order valence-electron chi connectivity index (χ4n) is 2.55. The Morgan fingerprint density at radius 2 is 2.05 bits per heavy atom. The van der Waals surface area contributed by atoms with Crippen LogP contribution in [0.3, 0.4) is 0 Å². The molecule has 0 bridgehead atoms. The molecule has 1 aromatic heterocycles. The Balaban J connectivity index is 1.86. The van der Waals surface area contributed by atoms with E-state index in [1.54, 1.807) is 17.0 Å². The smallest absolute Gasteiger partial charge is 0.270 e. The van der Waals surface area contributed by atoms with Crippen molar-refractivity contribution in [2.45, 2.75) is 19.7 Å². The summed E-state index contributed by atoms with van der Waals surface area (Å²) in [5, 5.41) is 9.30. The number of benzene rings is 1. The van der Waals surface area contributed by atoms with E-state index in [2.05, 4.69) is 0 Å². The number of amides is 1. The van der Waals surface area contributed by atoms with Crippen LogP contribution in [-0.4, -0.2) is 27.0 Å². The number of fused-ring (bicyclic) bond motifs is 1. The van der Waals surface area contributed by atoms with E-state index in [1.807, 2.05) is 16.8 Å². The Kier molecular flexibility index (Phi) is 3.28. The van der Waals surface area contributed by atoms with Crippen LogP contribution in [0.4, 0.5) is 4.39 Å². The summed E-state index contributed by atoms with van der Waals surface area (Å²) in [5.74, 6) is -0.417. The van der Waals surface area contributed by atoms with E-state index in [4.69, 9.17) is 0 Å². The number of aliphatic hydroxyl groups excluding tert-OH is 1. The van der Waals surface area contributed by atoms with E-state index in [9.17, 15) is 14.3 Å². The predicted octanol–water partition coefficient (Wildman–Crippen LogP) is 1.78. The zero-order valence-electron chi connectivity index (χ0n) is 10.9. The average molecular weight is 274 g/mol. The maximum absolute atomic E-state index is 13.3. The lowest BCUT2D eigenvalue weighted by atomic mass is 10.1. The van der Waals surface area contributed by atoms with Gasteiger partial charge in [0.1, 0.15) is 11.5 Å². The predicted molar refractivity (Wildman–Crippen MR) is 71.5 cm³/mol. The van der Waals surface area contributed by atoms with E-state index in [0.717, 1.165) is 6.54 Å². The molecule has 104 valence electrons. The highest BCUT2D eigenvalue weighted by Crippen LogP contribution is 2.19. The molecular weight excluding hydrogens is 259 g/mol. The van der Waals surface area contributed by atoms with Crippen molar-refractivity contribution in [3.8, 4) is 0 Å². The Hall–Kier alpha value is -2.14. The summed E-state index contributed by atoms with van der Waals surface area (Å²) in [6.07, 6.45) is 1.88. The molecule has 2 heterocycles. The molecule has 2 aromatic rings. The zero-order chi connectivity index (χ0) is 14.1. The minimum absolute atomic E-state index is 0.0607. The molecule has 0 radical (unpaired) electrons. The standard InChI is InChI=1S/C15H15FN2O2/c16-13-4-3-11(10-19)12(8-13)9-18-7-6-17-5-1-2-14(17)15(18)20/h1-5,8,19H,6-7,9-10H2. The molecular formula is C15H15FN2O2. The number of hydrogen-bond acceptors (Lipinski definition) is 2.